The molecule has 0 saturated carbocycles. The van der Waals surface area contributed by atoms with E-state index in [1.54, 1.807) is 30.3 Å². The Labute approximate surface area is 103 Å². The zero-order valence-electron chi connectivity index (χ0n) is 9.29. The van der Waals surface area contributed by atoms with Crippen molar-refractivity contribution in [2.75, 3.05) is 5.75 Å². The molecule has 1 aromatic rings. The van der Waals surface area contributed by atoms with E-state index >= 15 is 0 Å². The van der Waals surface area contributed by atoms with E-state index in [4.69, 9.17) is 5.11 Å². The van der Waals surface area contributed by atoms with Crippen LogP contribution in [0.15, 0.2) is 30.3 Å². The molecule has 1 unspecified atom stereocenters. The summed E-state index contributed by atoms with van der Waals surface area (Å²) < 4.78 is 47.3. The molecule has 1 atom stereocenters. The fourth-order valence-electron chi connectivity index (χ4n) is 1.49. The second kappa shape index (κ2) is 5.90. The first kappa shape index (κ1) is 14.6. The van der Waals surface area contributed by atoms with Crippen LogP contribution in [0.1, 0.15) is 5.56 Å². The van der Waals surface area contributed by atoms with Gasteiger partial charge in [-0.05, 0) is 12.0 Å². The lowest BCUT2D eigenvalue weighted by molar-refractivity contribution is -0.136. The van der Waals surface area contributed by atoms with E-state index in [9.17, 15) is 22.0 Å². The molecule has 0 aliphatic carbocycles. The topological polar surface area (TPSA) is 71.4 Å². The Bertz CT molecular complexity index is 499. The number of sulfone groups is 1. The zero-order chi connectivity index (χ0) is 13.8. The lowest BCUT2D eigenvalue weighted by Crippen LogP contribution is -2.35. The van der Waals surface area contributed by atoms with Crippen LogP contribution in [0.3, 0.4) is 0 Å². The molecule has 0 bridgehead atoms. The average molecular weight is 278 g/mol. The van der Waals surface area contributed by atoms with Crippen LogP contribution in [0, 0.1) is 0 Å². The minimum atomic E-state index is -4.37. The van der Waals surface area contributed by atoms with Gasteiger partial charge in [0, 0.05) is 0 Å². The highest BCUT2D eigenvalue weighted by Crippen LogP contribution is 2.14. The van der Waals surface area contributed by atoms with E-state index in [1.807, 2.05) is 0 Å². The van der Waals surface area contributed by atoms with Crippen LogP contribution in [0.25, 0.3) is 0 Å². The number of rotatable bonds is 6. The molecule has 1 N–H and O–H groups in total. The lowest BCUT2D eigenvalue weighted by atomic mass is 10.1. The van der Waals surface area contributed by atoms with Crippen LogP contribution in [0.4, 0.5) is 8.78 Å². The lowest BCUT2D eigenvalue weighted by Gasteiger charge is -2.13. The van der Waals surface area contributed by atoms with E-state index in [0.29, 0.717) is 5.56 Å². The number of alkyl halides is 2. The van der Waals surface area contributed by atoms with E-state index in [-0.39, 0.29) is 6.42 Å². The molecular formula is C11H12F2O4S. The Morgan fingerprint density at radius 1 is 1.22 bits per heavy atom. The molecule has 100 valence electrons. The maximum absolute atomic E-state index is 12.1. The van der Waals surface area contributed by atoms with E-state index in [0.717, 1.165) is 0 Å². The van der Waals surface area contributed by atoms with Crippen molar-refractivity contribution in [2.45, 2.75) is 18.1 Å². The molecule has 1 rings (SSSR count). The smallest absolute Gasteiger partial charge is 0.322 e. The molecule has 0 radical (unpaired) electrons. The summed E-state index contributed by atoms with van der Waals surface area (Å²) in [7, 11) is -4.37. The van der Waals surface area contributed by atoms with Gasteiger partial charge in [-0.25, -0.2) is 17.2 Å². The van der Waals surface area contributed by atoms with Crippen LogP contribution >= 0.6 is 0 Å². The first-order chi connectivity index (χ1) is 8.33. The first-order valence-corrected chi connectivity index (χ1v) is 6.81. The third-order valence-corrected chi connectivity index (χ3v) is 4.28. The largest absolute Gasteiger partial charge is 0.480 e. The van der Waals surface area contributed by atoms with Crippen LogP contribution in [-0.2, 0) is 21.1 Å². The quantitative estimate of drug-likeness (QED) is 0.853. The normalized spacial score (nSPS) is 13.5. The van der Waals surface area contributed by atoms with Gasteiger partial charge in [0.25, 0.3) is 6.43 Å². The van der Waals surface area contributed by atoms with Gasteiger partial charge in [0.05, 0.1) is 0 Å². The summed E-state index contributed by atoms with van der Waals surface area (Å²) in [6.45, 7) is 0. The molecule has 0 saturated heterocycles. The number of hydrogen-bond acceptors (Lipinski definition) is 3. The predicted molar refractivity (Wildman–Crippen MR) is 61.4 cm³/mol. The fraction of sp³-hybridized carbons (Fsp3) is 0.364. The summed E-state index contributed by atoms with van der Waals surface area (Å²) in [5, 5.41) is 7.02. The summed E-state index contributed by atoms with van der Waals surface area (Å²) in [6, 6.07) is 8.02. The molecule has 0 aliphatic rings. The van der Waals surface area contributed by atoms with Crippen molar-refractivity contribution in [3.8, 4) is 0 Å². The summed E-state index contributed by atoms with van der Waals surface area (Å²) in [4.78, 5) is 10.9. The van der Waals surface area contributed by atoms with Gasteiger partial charge in [0.1, 0.15) is 5.75 Å². The Morgan fingerprint density at radius 2 is 1.78 bits per heavy atom. The third-order valence-electron chi connectivity index (χ3n) is 2.33. The molecule has 0 aliphatic heterocycles. The highest BCUT2D eigenvalue weighted by molar-refractivity contribution is 7.92. The monoisotopic (exact) mass is 278 g/mol. The number of carboxylic acid groups (broad SMARTS) is 1. The number of hydrogen-bond donors (Lipinski definition) is 1. The Hall–Kier alpha value is -1.50. The number of carbonyl (C=O) groups is 1. The van der Waals surface area contributed by atoms with E-state index in [1.165, 1.54) is 0 Å². The van der Waals surface area contributed by atoms with Crippen LogP contribution in [-0.4, -0.2) is 36.9 Å². The Morgan fingerprint density at radius 3 is 2.22 bits per heavy atom. The molecule has 0 heterocycles. The Kier molecular flexibility index (Phi) is 4.77. The van der Waals surface area contributed by atoms with Crippen molar-refractivity contribution in [3.05, 3.63) is 35.9 Å². The second-order valence-electron chi connectivity index (χ2n) is 3.74. The molecule has 4 nitrogen and oxygen atoms in total. The van der Waals surface area contributed by atoms with Gasteiger partial charge in [-0.15, -0.1) is 0 Å². The molecule has 0 fully saturated rings. The van der Waals surface area contributed by atoms with Gasteiger partial charge >= 0.3 is 5.97 Å². The van der Waals surface area contributed by atoms with Crippen molar-refractivity contribution in [2.24, 2.45) is 0 Å². The maximum Gasteiger partial charge on any atom is 0.322 e. The number of aliphatic carboxylic acids is 1. The number of carboxylic acids is 1. The van der Waals surface area contributed by atoms with Crippen LogP contribution in [0.2, 0.25) is 0 Å². The summed E-state index contributed by atoms with van der Waals surface area (Å²) in [5.41, 5.74) is 0.475. The SMILES string of the molecule is O=C(O)C(Cc1ccccc1)S(=O)(=O)CC(F)F. The minimum Gasteiger partial charge on any atom is -0.480 e. The van der Waals surface area contributed by atoms with Crippen LogP contribution < -0.4 is 0 Å². The average Bonchev–Trinajstić information content (AvgIpc) is 2.25. The van der Waals surface area contributed by atoms with Gasteiger partial charge in [-0.2, -0.15) is 0 Å². The fourth-order valence-corrected chi connectivity index (χ4v) is 2.82. The highest BCUT2D eigenvalue weighted by atomic mass is 32.2. The van der Waals surface area contributed by atoms with E-state index in [2.05, 4.69) is 0 Å². The predicted octanol–water partition coefficient (Wildman–Crippen LogP) is 1.36. The molecule has 0 amide bonds. The van der Waals surface area contributed by atoms with Crippen molar-refractivity contribution in [1.29, 1.82) is 0 Å². The van der Waals surface area contributed by atoms with Gasteiger partial charge in [0.2, 0.25) is 0 Å². The molecule has 0 aromatic heterocycles. The summed E-state index contributed by atoms with van der Waals surface area (Å²) in [5.74, 6) is -3.05. The summed E-state index contributed by atoms with van der Waals surface area (Å²) >= 11 is 0. The van der Waals surface area contributed by atoms with Crippen molar-refractivity contribution >= 4 is 15.8 Å². The molecular weight excluding hydrogens is 266 g/mol. The van der Waals surface area contributed by atoms with Crippen LogP contribution in [0.5, 0.6) is 0 Å². The molecule has 18 heavy (non-hydrogen) atoms. The maximum atomic E-state index is 12.1. The highest BCUT2D eigenvalue weighted by Gasteiger charge is 2.34. The van der Waals surface area contributed by atoms with Gasteiger partial charge < -0.3 is 5.11 Å². The molecule has 7 heteroatoms. The van der Waals surface area contributed by atoms with Gasteiger partial charge in [-0.1, -0.05) is 30.3 Å². The minimum absolute atomic E-state index is 0.314. The first-order valence-electron chi connectivity index (χ1n) is 5.09. The molecule has 0 spiro atoms. The van der Waals surface area contributed by atoms with Crippen molar-refractivity contribution in [3.63, 3.8) is 0 Å². The zero-order valence-corrected chi connectivity index (χ0v) is 10.1. The third kappa shape index (κ3) is 4.06. The standard InChI is InChI=1S/C11H12F2O4S/c12-10(13)7-18(16,17)9(11(14)15)6-8-4-2-1-3-5-8/h1-5,9-10H,6-7H2,(H,14,15). The number of benzene rings is 1. The van der Waals surface area contributed by atoms with Gasteiger partial charge in [-0.3, -0.25) is 4.79 Å². The molecule has 1 aromatic carbocycles. The van der Waals surface area contributed by atoms with Crippen molar-refractivity contribution < 1.29 is 27.1 Å². The van der Waals surface area contributed by atoms with Crippen molar-refractivity contribution in [1.82, 2.24) is 0 Å². The number of halogens is 2. The summed E-state index contributed by atoms with van der Waals surface area (Å²) in [6.07, 6.45) is -3.39. The second-order valence-corrected chi connectivity index (χ2v) is 5.97. The Balaban J connectivity index is 2.94. The van der Waals surface area contributed by atoms with E-state index < -0.39 is 33.2 Å². The van der Waals surface area contributed by atoms with Gasteiger partial charge in [0.15, 0.2) is 15.1 Å².